The first-order chi connectivity index (χ1) is 21.7. The maximum atomic E-state index is 13.6. The Morgan fingerprint density at radius 1 is 0.867 bits per heavy atom. The number of rotatable bonds is 8. The number of nitrogens with zero attached hydrogens (tertiary/aromatic N) is 5. The Morgan fingerprint density at radius 2 is 1.64 bits per heavy atom. The predicted molar refractivity (Wildman–Crippen MR) is 173 cm³/mol. The molecule has 0 saturated heterocycles. The fraction of sp³-hybridized carbons (Fsp3) is 0.147. The van der Waals surface area contributed by atoms with Crippen LogP contribution in [0.3, 0.4) is 0 Å². The molecule has 0 aliphatic carbocycles. The van der Waals surface area contributed by atoms with Gasteiger partial charge in [-0.05, 0) is 54.1 Å². The van der Waals surface area contributed by atoms with E-state index < -0.39 is 6.03 Å². The molecule has 0 radical (unpaired) electrons. The highest BCUT2D eigenvalue weighted by Gasteiger charge is 2.22. The van der Waals surface area contributed by atoms with E-state index >= 15 is 0 Å². The summed E-state index contributed by atoms with van der Waals surface area (Å²) in [6.07, 6.45) is 6.53. The molecule has 0 fully saturated rings. The van der Waals surface area contributed by atoms with E-state index in [4.69, 9.17) is 9.84 Å². The summed E-state index contributed by atoms with van der Waals surface area (Å²) < 4.78 is 21.4. The van der Waals surface area contributed by atoms with E-state index in [1.54, 1.807) is 41.6 Å². The number of nitrogens with one attached hydrogen (secondary N) is 3. The average molecular weight is 603 g/mol. The normalized spacial score (nSPS) is 11.3. The number of halogens is 1. The number of urea groups is 1. The van der Waals surface area contributed by atoms with Gasteiger partial charge in [0.15, 0.2) is 0 Å². The number of fused-ring (bicyclic) bond motifs is 1. The fourth-order valence-corrected chi connectivity index (χ4v) is 4.68. The average Bonchev–Trinajstić information content (AvgIpc) is 3.46. The molecular formula is C34H31FN8O2. The van der Waals surface area contributed by atoms with Crippen molar-refractivity contribution in [2.45, 2.75) is 32.8 Å². The van der Waals surface area contributed by atoms with Crippen LogP contribution in [0.2, 0.25) is 0 Å². The Balaban J connectivity index is 1.19. The smallest absolute Gasteiger partial charge is 0.324 e. The van der Waals surface area contributed by atoms with Gasteiger partial charge in [-0.3, -0.25) is 10.3 Å². The quantitative estimate of drug-likeness (QED) is 0.164. The Bertz CT molecular complexity index is 1950. The van der Waals surface area contributed by atoms with Crippen molar-refractivity contribution in [2.24, 2.45) is 0 Å². The minimum atomic E-state index is -0.447. The van der Waals surface area contributed by atoms with Crippen molar-refractivity contribution >= 4 is 39.9 Å². The van der Waals surface area contributed by atoms with Gasteiger partial charge in [-0.1, -0.05) is 45.0 Å². The molecule has 3 aromatic carbocycles. The van der Waals surface area contributed by atoms with E-state index in [1.165, 1.54) is 12.1 Å². The summed E-state index contributed by atoms with van der Waals surface area (Å²) in [6.45, 7) is 6.41. The summed E-state index contributed by atoms with van der Waals surface area (Å²) in [5.41, 5.74) is 2.66. The second-order valence-corrected chi connectivity index (χ2v) is 11.3. The van der Waals surface area contributed by atoms with Gasteiger partial charge in [0.05, 0.1) is 23.3 Å². The van der Waals surface area contributed by atoms with Crippen LogP contribution >= 0.6 is 0 Å². The summed E-state index contributed by atoms with van der Waals surface area (Å²) in [5, 5.41) is 15.4. The standard InChI is InChI=1S/C34H31FN8O2/c1-34(2,3)29-19-32(43(42-29)24-10-8-23(35)9-11-24)41-33(44)39-27-12-13-28(26-7-5-4-6-25(26)27)45-21-22-14-15-37-30(18-22)40-31-20-36-16-17-38-31/h4-20H,21H2,1-3H3,(H,37,38,40)(H2,39,41,44). The minimum Gasteiger partial charge on any atom is -0.488 e. The third-order valence-corrected chi connectivity index (χ3v) is 6.96. The van der Waals surface area contributed by atoms with Crippen LogP contribution in [0.1, 0.15) is 32.0 Å². The highest BCUT2D eigenvalue weighted by atomic mass is 19.1. The van der Waals surface area contributed by atoms with Gasteiger partial charge in [0.2, 0.25) is 0 Å². The van der Waals surface area contributed by atoms with Crippen molar-refractivity contribution in [1.29, 1.82) is 0 Å². The van der Waals surface area contributed by atoms with Crippen molar-refractivity contribution in [3.63, 3.8) is 0 Å². The van der Waals surface area contributed by atoms with Gasteiger partial charge in [0, 0.05) is 40.8 Å². The Morgan fingerprint density at radius 3 is 2.40 bits per heavy atom. The fourth-order valence-electron chi connectivity index (χ4n) is 4.68. The summed E-state index contributed by atoms with van der Waals surface area (Å²) in [7, 11) is 0. The maximum absolute atomic E-state index is 13.6. The lowest BCUT2D eigenvalue weighted by Gasteiger charge is -2.15. The van der Waals surface area contributed by atoms with E-state index in [0.29, 0.717) is 41.2 Å². The number of pyridine rings is 1. The monoisotopic (exact) mass is 602 g/mol. The molecule has 10 nitrogen and oxygen atoms in total. The van der Waals surface area contributed by atoms with E-state index in [2.05, 4.69) is 30.9 Å². The van der Waals surface area contributed by atoms with Crippen molar-refractivity contribution in [3.8, 4) is 11.4 Å². The van der Waals surface area contributed by atoms with Gasteiger partial charge < -0.3 is 15.4 Å². The van der Waals surface area contributed by atoms with Crippen LogP contribution in [-0.2, 0) is 12.0 Å². The molecule has 11 heteroatoms. The van der Waals surface area contributed by atoms with Crippen LogP contribution in [0.15, 0.2) is 104 Å². The van der Waals surface area contributed by atoms with Crippen LogP contribution in [0, 0.1) is 5.82 Å². The SMILES string of the molecule is CC(C)(C)c1cc(NC(=O)Nc2ccc(OCc3ccnc(Nc4cnccn4)c3)c3ccccc23)n(-c2ccc(F)cc2)n1. The van der Waals surface area contributed by atoms with E-state index in [9.17, 15) is 9.18 Å². The lowest BCUT2D eigenvalue weighted by Crippen LogP contribution is -2.21. The van der Waals surface area contributed by atoms with Crippen LogP contribution < -0.4 is 20.7 Å². The van der Waals surface area contributed by atoms with Crippen LogP contribution in [0.4, 0.5) is 32.3 Å². The van der Waals surface area contributed by atoms with Crippen LogP contribution in [-0.4, -0.2) is 30.8 Å². The number of benzene rings is 3. The Labute approximate surface area is 259 Å². The van der Waals surface area contributed by atoms with Crippen molar-refractivity contribution in [3.05, 3.63) is 121 Å². The van der Waals surface area contributed by atoms with Gasteiger partial charge in [-0.15, -0.1) is 0 Å². The van der Waals surface area contributed by atoms with Gasteiger partial charge in [0.25, 0.3) is 0 Å². The number of hydrogen-bond donors (Lipinski definition) is 3. The summed E-state index contributed by atoms with van der Waals surface area (Å²) in [4.78, 5) is 25.9. The first kappa shape index (κ1) is 29.2. The second kappa shape index (κ2) is 12.4. The Kier molecular flexibility index (Phi) is 8.06. The third kappa shape index (κ3) is 6.88. The minimum absolute atomic E-state index is 0.269. The summed E-state index contributed by atoms with van der Waals surface area (Å²) in [6, 6.07) is 22.4. The molecule has 3 heterocycles. The molecule has 45 heavy (non-hydrogen) atoms. The number of ether oxygens (including phenoxy) is 1. The lowest BCUT2D eigenvalue weighted by molar-refractivity contribution is 0.262. The van der Waals surface area contributed by atoms with Gasteiger partial charge in [-0.25, -0.2) is 23.8 Å². The number of hydrogen-bond acceptors (Lipinski definition) is 7. The van der Waals surface area contributed by atoms with Crippen molar-refractivity contribution < 1.29 is 13.9 Å². The molecule has 0 aliphatic heterocycles. The summed E-state index contributed by atoms with van der Waals surface area (Å²) >= 11 is 0. The molecular weight excluding hydrogens is 571 g/mol. The zero-order chi connectivity index (χ0) is 31.4. The number of carbonyl (C=O) groups is 1. The highest BCUT2D eigenvalue weighted by Crippen LogP contribution is 2.33. The van der Waals surface area contributed by atoms with Crippen LogP contribution in [0.25, 0.3) is 16.5 Å². The molecule has 226 valence electrons. The molecule has 3 aromatic heterocycles. The molecule has 0 saturated carbocycles. The number of aromatic nitrogens is 5. The molecule has 0 bridgehead atoms. The second-order valence-electron chi connectivity index (χ2n) is 11.3. The lowest BCUT2D eigenvalue weighted by atomic mass is 9.92. The first-order valence-electron chi connectivity index (χ1n) is 14.3. The topological polar surface area (TPSA) is 119 Å². The molecule has 0 aliphatic rings. The van der Waals surface area contributed by atoms with Crippen molar-refractivity contribution in [2.75, 3.05) is 16.0 Å². The number of amides is 2. The molecule has 0 unspecified atom stereocenters. The van der Waals surface area contributed by atoms with E-state index in [1.807, 2.05) is 75.4 Å². The molecule has 0 spiro atoms. The summed E-state index contributed by atoms with van der Waals surface area (Å²) in [5.74, 6) is 1.99. The first-order valence-corrected chi connectivity index (χ1v) is 14.3. The number of carbonyl (C=O) groups excluding carboxylic acids is 1. The molecule has 6 aromatic rings. The maximum Gasteiger partial charge on any atom is 0.324 e. The van der Waals surface area contributed by atoms with Crippen molar-refractivity contribution in [1.82, 2.24) is 24.7 Å². The zero-order valence-corrected chi connectivity index (χ0v) is 25.0. The zero-order valence-electron chi connectivity index (χ0n) is 25.0. The van der Waals surface area contributed by atoms with E-state index in [-0.39, 0.29) is 11.2 Å². The molecule has 6 rings (SSSR count). The van der Waals surface area contributed by atoms with E-state index in [0.717, 1.165) is 22.0 Å². The Hall–Kier alpha value is -5.84. The van der Waals surface area contributed by atoms with Crippen LogP contribution in [0.5, 0.6) is 5.75 Å². The van der Waals surface area contributed by atoms with Gasteiger partial charge >= 0.3 is 6.03 Å². The molecule has 0 atom stereocenters. The van der Waals surface area contributed by atoms with Gasteiger partial charge in [0.1, 0.15) is 35.6 Å². The van der Waals surface area contributed by atoms with Gasteiger partial charge in [-0.2, -0.15) is 5.10 Å². The molecule has 3 N–H and O–H groups in total. The molecule has 2 amide bonds. The predicted octanol–water partition coefficient (Wildman–Crippen LogP) is 7.61. The largest absolute Gasteiger partial charge is 0.488 e. The highest BCUT2D eigenvalue weighted by molar-refractivity contribution is 6.07. The third-order valence-electron chi connectivity index (χ3n) is 6.96. The number of anilines is 4.